The molecule has 6 heteroatoms. The van der Waals surface area contributed by atoms with Crippen molar-refractivity contribution in [1.82, 2.24) is 19.7 Å². The summed E-state index contributed by atoms with van der Waals surface area (Å²) in [5.41, 5.74) is 0.633. The van der Waals surface area contributed by atoms with Crippen molar-refractivity contribution in [2.75, 3.05) is 0 Å². The molecule has 0 unspecified atom stereocenters. The van der Waals surface area contributed by atoms with Crippen molar-refractivity contribution in [3.8, 4) is 5.69 Å². The maximum absolute atomic E-state index is 11.6. The van der Waals surface area contributed by atoms with Crippen LogP contribution in [0.4, 0.5) is 0 Å². The third-order valence-electron chi connectivity index (χ3n) is 2.53. The summed E-state index contributed by atoms with van der Waals surface area (Å²) in [4.78, 5) is 24.8. The van der Waals surface area contributed by atoms with Crippen LogP contribution in [0.2, 0.25) is 0 Å². The number of hydrogen-bond donors (Lipinski definition) is 2. The third kappa shape index (κ3) is 1.55. The van der Waals surface area contributed by atoms with Crippen LogP contribution in [0.3, 0.4) is 0 Å². The van der Waals surface area contributed by atoms with Crippen LogP contribution in [-0.2, 0) is 0 Å². The minimum atomic E-state index is -0.462. The number of fused-ring (bicyclic) bond motifs is 1. The molecular weight excluding hydrogens is 220 g/mol. The number of rotatable bonds is 1. The average Bonchev–Trinajstić information content (AvgIpc) is 2.75. The van der Waals surface area contributed by atoms with Crippen molar-refractivity contribution in [1.29, 1.82) is 0 Å². The molecule has 3 aromatic rings. The van der Waals surface area contributed by atoms with Crippen LogP contribution in [0.15, 0.2) is 46.2 Å². The van der Waals surface area contributed by atoms with E-state index < -0.39 is 11.2 Å². The van der Waals surface area contributed by atoms with Crippen molar-refractivity contribution in [3.63, 3.8) is 0 Å². The largest absolute Gasteiger partial charge is 0.332 e. The van der Waals surface area contributed by atoms with E-state index in [9.17, 15) is 9.59 Å². The molecule has 0 aliphatic heterocycles. The molecule has 0 bridgehead atoms. The number of nitrogens with one attached hydrogen (secondary N) is 2. The zero-order chi connectivity index (χ0) is 11.8. The highest BCUT2D eigenvalue weighted by Gasteiger charge is 2.02. The fourth-order valence-corrected chi connectivity index (χ4v) is 1.70. The second-order valence-electron chi connectivity index (χ2n) is 3.62. The van der Waals surface area contributed by atoms with Crippen LogP contribution in [0.1, 0.15) is 0 Å². The Kier molecular flexibility index (Phi) is 1.94. The Morgan fingerprint density at radius 2 is 2.06 bits per heavy atom. The van der Waals surface area contributed by atoms with Gasteiger partial charge in [0.1, 0.15) is 0 Å². The average molecular weight is 228 g/mol. The molecule has 2 aromatic heterocycles. The molecule has 0 atom stereocenters. The molecule has 0 spiro atoms. The Hall–Kier alpha value is -2.63. The second-order valence-corrected chi connectivity index (χ2v) is 3.62. The molecule has 3 rings (SSSR count). The van der Waals surface area contributed by atoms with Gasteiger partial charge in [0.05, 0.1) is 17.4 Å². The zero-order valence-electron chi connectivity index (χ0n) is 8.68. The fraction of sp³-hybridized carbons (Fsp3) is 0. The van der Waals surface area contributed by atoms with E-state index in [1.165, 1.54) is 16.8 Å². The van der Waals surface area contributed by atoms with E-state index in [1.54, 1.807) is 18.3 Å². The SMILES string of the molecule is O=c1ccn(-c2ccc3cn[nH]c3c2)c(=O)[nH]1. The number of hydrogen-bond acceptors (Lipinski definition) is 3. The molecule has 84 valence electrons. The van der Waals surface area contributed by atoms with Crippen molar-refractivity contribution in [3.05, 3.63) is 57.5 Å². The first-order chi connectivity index (χ1) is 8.24. The van der Waals surface area contributed by atoms with Crippen molar-refractivity contribution < 1.29 is 0 Å². The first-order valence-electron chi connectivity index (χ1n) is 4.99. The highest BCUT2D eigenvalue weighted by atomic mass is 16.2. The van der Waals surface area contributed by atoms with Crippen LogP contribution in [0, 0.1) is 0 Å². The summed E-state index contributed by atoms with van der Waals surface area (Å²) in [6, 6.07) is 6.74. The fourth-order valence-electron chi connectivity index (χ4n) is 1.70. The predicted molar refractivity (Wildman–Crippen MR) is 62.3 cm³/mol. The lowest BCUT2D eigenvalue weighted by molar-refractivity contribution is 0.897. The maximum atomic E-state index is 11.6. The number of benzene rings is 1. The summed E-state index contributed by atoms with van der Waals surface area (Å²) in [6.45, 7) is 0. The number of H-pyrrole nitrogens is 2. The van der Waals surface area contributed by atoms with Gasteiger partial charge in [0.2, 0.25) is 0 Å². The minimum absolute atomic E-state index is 0.408. The molecule has 17 heavy (non-hydrogen) atoms. The normalized spacial score (nSPS) is 10.8. The van der Waals surface area contributed by atoms with Gasteiger partial charge in [-0.05, 0) is 18.2 Å². The van der Waals surface area contributed by atoms with Crippen LogP contribution >= 0.6 is 0 Å². The van der Waals surface area contributed by atoms with Gasteiger partial charge in [-0.1, -0.05) is 0 Å². The topological polar surface area (TPSA) is 83.5 Å². The Bertz CT molecular complexity index is 797. The first kappa shape index (κ1) is 9.59. The molecular formula is C11H8N4O2. The first-order valence-corrected chi connectivity index (χ1v) is 4.99. The maximum Gasteiger partial charge on any atom is 0.332 e. The van der Waals surface area contributed by atoms with Crippen LogP contribution < -0.4 is 11.2 Å². The van der Waals surface area contributed by atoms with Gasteiger partial charge in [0.15, 0.2) is 0 Å². The van der Waals surface area contributed by atoms with Gasteiger partial charge < -0.3 is 0 Å². The molecule has 0 aliphatic rings. The number of aromatic amines is 2. The lowest BCUT2D eigenvalue weighted by Crippen LogP contribution is -2.27. The monoisotopic (exact) mass is 228 g/mol. The summed E-state index contributed by atoms with van der Waals surface area (Å²) in [6.07, 6.45) is 3.15. The quantitative estimate of drug-likeness (QED) is 0.632. The Morgan fingerprint density at radius 1 is 1.18 bits per heavy atom. The summed E-state index contributed by atoms with van der Waals surface area (Å²) in [7, 11) is 0. The van der Waals surface area contributed by atoms with Gasteiger partial charge >= 0.3 is 5.69 Å². The second kappa shape index (κ2) is 3.44. The van der Waals surface area contributed by atoms with Crippen molar-refractivity contribution >= 4 is 10.9 Å². The molecule has 1 aromatic carbocycles. The Labute approximate surface area is 94.5 Å². The third-order valence-corrected chi connectivity index (χ3v) is 2.53. The summed E-state index contributed by atoms with van der Waals surface area (Å²) in [5.74, 6) is 0. The van der Waals surface area contributed by atoms with Crippen LogP contribution in [0.25, 0.3) is 16.6 Å². The van der Waals surface area contributed by atoms with E-state index in [2.05, 4.69) is 15.2 Å². The number of aromatic nitrogens is 4. The summed E-state index contributed by atoms with van der Waals surface area (Å²) in [5, 5.41) is 7.69. The minimum Gasteiger partial charge on any atom is -0.278 e. The molecule has 2 heterocycles. The molecule has 0 saturated heterocycles. The molecule has 0 fully saturated rings. The van der Waals surface area contributed by atoms with Crippen molar-refractivity contribution in [2.45, 2.75) is 0 Å². The Morgan fingerprint density at radius 3 is 2.88 bits per heavy atom. The highest BCUT2D eigenvalue weighted by Crippen LogP contribution is 2.14. The van der Waals surface area contributed by atoms with Crippen molar-refractivity contribution in [2.24, 2.45) is 0 Å². The van der Waals surface area contributed by atoms with E-state index in [4.69, 9.17) is 0 Å². The highest BCUT2D eigenvalue weighted by molar-refractivity contribution is 5.79. The molecule has 0 aliphatic carbocycles. The van der Waals surface area contributed by atoms with Crippen LogP contribution in [0.5, 0.6) is 0 Å². The summed E-state index contributed by atoms with van der Waals surface area (Å²) >= 11 is 0. The van der Waals surface area contributed by atoms with E-state index in [-0.39, 0.29) is 0 Å². The van der Waals surface area contributed by atoms with Crippen LogP contribution in [-0.4, -0.2) is 19.7 Å². The standard InChI is InChI=1S/C11H8N4O2/c16-10-3-4-15(11(17)13-10)8-2-1-7-6-12-14-9(7)5-8/h1-6H,(H,12,14)(H,13,16,17). The summed E-state index contributed by atoms with van der Waals surface area (Å²) < 4.78 is 1.36. The molecule has 0 radical (unpaired) electrons. The van der Waals surface area contributed by atoms with E-state index in [1.807, 2.05) is 6.07 Å². The molecule has 0 amide bonds. The Balaban J connectivity index is 2.26. The molecule has 2 N–H and O–H groups in total. The van der Waals surface area contributed by atoms with Gasteiger partial charge in [0.25, 0.3) is 5.56 Å². The van der Waals surface area contributed by atoms with E-state index >= 15 is 0 Å². The smallest absolute Gasteiger partial charge is 0.278 e. The van der Waals surface area contributed by atoms with Gasteiger partial charge in [0, 0.05) is 17.6 Å². The molecule has 0 saturated carbocycles. The van der Waals surface area contributed by atoms with Gasteiger partial charge in [-0.15, -0.1) is 0 Å². The zero-order valence-corrected chi connectivity index (χ0v) is 8.68. The van der Waals surface area contributed by atoms with Gasteiger partial charge in [-0.2, -0.15) is 5.10 Å². The predicted octanol–water partition coefficient (Wildman–Crippen LogP) is 0.402. The van der Waals surface area contributed by atoms with Gasteiger partial charge in [-0.3, -0.25) is 19.4 Å². The van der Waals surface area contributed by atoms with Gasteiger partial charge in [-0.25, -0.2) is 4.79 Å². The van der Waals surface area contributed by atoms with E-state index in [0.717, 1.165) is 10.9 Å². The van der Waals surface area contributed by atoms with E-state index in [0.29, 0.717) is 5.69 Å². The molecule has 6 nitrogen and oxygen atoms in total. The number of nitrogens with zero attached hydrogens (tertiary/aromatic N) is 2. The lowest BCUT2D eigenvalue weighted by atomic mass is 10.2. The lowest BCUT2D eigenvalue weighted by Gasteiger charge is -2.03.